The molecule has 0 saturated carbocycles. The summed E-state index contributed by atoms with van der Waals surface area (Å²) in [5, 5.41) is 3.29. The standard InChI is InChI=1S/C26H27N3O2S/c1-18-14-19(2)16-22(15-18)28-25(30)24(20-8-4-3-5-9-20)32-23-11-10-21(17-27-23)26(31)29-12-6-7-13-29/h3-5,8-11,14-17,24H,6-7,12-13H2,1-2H3,(H,28,30). The van der Waals surface area contributed by atoms with Gasteiger partial charge in [-0.1, -0.05) is 48.2 Å². The Morgan fingerprint density at radius 2 is 1.66 bits per heavy atom. The van der Waals surface area contributed by atoms with Gasteiger partial charge in [0.25, 0.3) is 5.91 Å². The second-order valence-electron chi connectivity index (χ2n) is 8.16. The molecule has 164 valence electrons. The van der Waals surface area contributed by atoms with Crippen LogP contribution < -0.4 is 5.32 Å². The normalized spacial score (nSPS) is 14.2. The maximum absolute atomic E-state index is 13.3. The van der Waals surface area contributed by atoms with Gasteiger partial charge in [-0.05, 0) is 67.6 Å². The topological polar surface area (TPSA) is 62.3 Å². The van der Waals surface area contributed by atoms with Crippen LogP contribution in [0.4, 0.5) is 5.69 Å². The number of likely N-dealkylation sites (tertiary alicyclic amines) is 1. The second-order valence-corrected chi connectivity index (χ2v) is 9.28. The molecule has 2 aromatic carbocycles. The molecule has 1 aliphatic heterocycles. The minimum absolute atomic E-state index is 0.0266. The fourth-order valence-electron chi connectivity index (χ4n) is 3.96. The quantitative estimate of drug-likeness (QED) is 0.516. The number of amides is 2. The van der Waals surface area contributed by atoms with Gasteiger partial charge in [0.2, 0.25) is 5.91 Å². The van der Waals surface area contributed by atoms with Crippen LogP contribution in [0, 0.1) is 13.8 Å². The van der Waals surface area contributed by atoms with Crippen LogP contribution in [0.1, 0.15) is 45.1 Å². The van der Waals surface area contributed by atoms with E-state index in [0.717, 1.165) is 48.3 Å². The van der Waals surface area contributed by atoms with Crippen molar-refractivity contribution in [1.82, 2.24) is 9.88 Å². The number of hydrogen-bond donors (Lipinski definition) is 1. The molecular weight excluding hydrogens is 418 g/mol. The van der Waals surface area contributed by atoms with E-state index in [1.54, 1.807) is 12.3 Å². The van der Waals surface area contributed by atoms with Gasteiger partial charge in [-0.15, -0.1) is 0 Å². The third-order valence-electron chi connectivity index (χ3n) is 5.44. The Morgan fingerprint density at radius 3 is 2.28 bits per heavy atom. The lowest BCUT2D eigenvalue weighted by Crippen LogP contribution is -2.27. The molecule has 1 saturated heterocycles. The van der Waals surface area contributed by atoms with Gasteiger partial charge in [0.1, 0.15) is 5.25 Å². The molecule has 3 aromatic rings. The summed E-state index contributed by atoms with van der Waals surface area (Å²) in [6, 6.07) is 19.3. The maximum atomic E-state index is 13.3. The van der Waals surface area contributed by atoms with Gasteiger partial charge in [-0.25, -0.2) is 4.98 Å². The molecule has 5 nitrogen and oxygen atoms in total. The molecular formula is C26H27N3O2S. The Kier molecular flexibility index (Phi) is 6.90. The number of nitrogens with zero attached hydrogens (tertiary/aromatic N) is 2. The molecule has 32 heavy (non-hydrogen) atoms. The minimum Gasteiger partial charge on any atom is -0.339 e. The summed E-state index contributed by atoms with van der Waals surface area (Å²) in [7, 11) is 0. The fourth-order valence-corrected chi connectivity index (χ4v) is 4.92. The molecule has 0 radical (unpaired) electrons. The van der Waals surface area contributed by atoms with E-state index in [1.807, 2.05) is 67.3 Å². The van der Waals surface area contributed by atoms with Gasteiger partial charge < -0.3 is 10.2 Å². The van der Waals surface area contributed by atoms with Crippen LogP contribution in [-0.4, -0.2) is 34.8 Å². The van der Waals surface area contributed by atoms with Crippen molar-refractivity contribution < 1.29 is 9.59 Å². The molecule has 1 fully saturated rings. The van der Waals surface area contributed by atoms with E-state index in [1.165, 1.54) is 11.8 Å². The number of pyridine rings is 1. The van der Waals surface area contributed by atoms with E-state index in [9.17, 15) is 9.59 Å². The van der Waals surface area contributed by atoms with E-state index in [2.05, 4.69) is 16.4 Å². The zero-order valence-corrected chi connectivity index (χ0v) is 19.2. The van der Waals surface area contributed by atoms with Gasteiger partial charge in [0, 0.05) is 25.0 Å². The van der Waals surface area contributed by atoms with Gasteiger partial charge in [-0.3, -0.25) is 9.59 Å². The lowest BCUT2D eigenvalue weighted by molar-refractivity contribution is -0.115. The SMILES string of the molecule is Cc1cc(C)cc(NC(=O)C(Sc2ccc(C(=O)N3CCCC3)cn2)c2ccccc2)c1. The molecule has 0 aliphatic carbocycles. The fraction of sp³-hybridized carbons (Fsp3) is 0.269. The minimum atomic E-state index is -0.468. The highest BCUT2D eigenvalue weighted by molar-refractivity contribution is 8.00. The predicted molar refractivity (Wildman–Crippen MR) is 129 cm³/mol. The summed E-state index contributed by atoms with van der Waals surface area (Å²) in [4.78, 5) is 32.2. The van der Waals surface area contributed by atoms with Crippen molar-refractivity contribution in [3.05, 3.63) is 89.1 Å². The summed E-state index contributed by atoms with van der Waals surface area (Å²) < 4.78 is 0. The highest BCUT2D eigenvalue weighted by Crippen LogP contribution is 2.35. The number of carbonyl (C=O) groups is 2. The number of benzene rings is 2. The smallest absolute Gasteiger partial charge is 0.255 e. The summed E-state index contributed by atoms with van der Waals surface area (Å²) in [5.41, 5.74) is 4.48. The number of anilines is 1. The number of rotatable bonds is 6. The maximum Gasteiger partial charge on any atom is 0.255 e. The Bertz CT molecular complexity index is 1070. The molecule has 6 heteroatoms. The molecule has 0 spiro atoms. The average Bonchev–Trinajstić information content (AvgIpc) is 3.32. The Hall–Kier alpha value is -3.12. The Labute approximate surface area is 193 Å². The Morgan fingerprint density at radius 1 is 0.969 bits per heavy atom. The van der Waals surface area contributed by atoms with Gasteiger partial charge >= 0.3 is 0 Å². The number of aromatic nitrogens is 1. The Balaban J connectivity index is 1.53. The lowest BCUT2D eigenvalue weighted by atomic mass is 10.1. The van der Waals surface area contributed by atoms with Gasteiger partial charge in [-0.2, -0.15) is 0 Å². The first kappa shape index (κ1) is 22.1. The molecule has 2 amide bonds. The van der Waals surface area contributed by atoms with Crippen LogP contribution in [0.25, 0.3) is 0 Å². The number of aryl methyl sites for hydroxylation is 2. The number of nitrogens with one attached hydrogen (secondary N) is 1. The third kappa shape index (κ3) is 5.37. The second kappa shape index (κ2) is 10.0. The average molecular weight is 446 g/mol. The van der Waals surface area contributed by atoms with Gasteiger partial charge in [0.15, 0.2) is 0 Å². The largest absolute Gasteiger partial charge is 0.339 e. The molecule has 4 rings (SSSR count). The van der Waals surface area contributed by atoms with Crippen molar-refractivity contribution in [3.8, 4) is 0 Å². The van der Waals surface area contributed by atoms with E-state index >= 15 is 0 Å². The first-order valence-corrected chi connectivity index (χ1v) is 11.7. The molecule has 1 atom stereocenters. The summed E-state index contributed by atoms with van der Waals surface area (Å²) in [5.74, 6) is -0.0797. The lowest BCUT2D eigenvalue weighted by Gasteiger charge is -2.18. The zero-order valence-electron chi connectivity index (χ0n) is 18.4. The van der Waals surface area contributed by atoms with Crippen molar-refractivity contribution in [1.29, 1.82) is 0 Å². The molecule has 1 aromatic heterocycles. The van der Waals surface area contributed by atoms with Crippen molar-refractivity contribution in [3.63, 3.8) is 0 Å². The highest BCUT2D eigenvalue weighted by atomic mass is 32.2. The molecule has 1 unspecified atom stereocenters. The van der Waals surface area contributed by atoms with Crippen LogP contribution in [0.5, 0.6) is 0 Å². The van der Waals surface area contributed by atoms with Crippen LogP contribution in [0.15, 0.2) is 71.9 Å². The van der Waals surface area contributed by atoms with Crippen molar-refractivity contribution in [2.24, 2.45) is 0 Å². The summed E-state index contributed by atoms with van der Waals surface area (Å²) in [6.07, 6.45) is 3.73. The van der Waals surface area contributed by atoms with Crippen LogP contribution >= 0.6 is 11.8 Å². The van der Waals surface area contributed by atoms with Gasteiger partial charge in [0.05, 0.1) is 10.6 Å². The molecule has 1 aliphatic rings. The van der Waals surface area contributed by atoms with E-state index in [4.69, 9.17) is 0 Å². The summed E-state index contributed by atoms with van der Waals surface area (Å²) in [6.45, 7) is 5.65. The number of carbonyl (C=O) groups excluding carboxylic acids is 2. The van der Waals surface area contributed by atoms with Crippen LogP contribution in [0.3, 0.4) is 0 Å². The third-order valence-corrected chi connectivity index (χ3v) is 6.65. The van der Waals surface area contributed by atoms with E-state index < -0.39 is 5.25 Å². The monoisotopic (exact) mass is 445 g/mol. The van der Waals surface area contributed by atoms with Crippen LogP contribution in [-0.2, 0) is 4.79 Å². The number of hydrogen-bond acceptors (Lipinski definition) is 4. The van der Waals surface area contributed by atoms with E-state index in [0.29, 0.717) is 10.6 Å². The van der Waals surface area contributed by atoms with Crippen molar-refractivity contribution >= 4 is 29.3 Å². The first-order chi connectivity index (χ1) is 15.5. The predicted octanol–water partition coefficient (Wildman–Crippen LogP) is 5.41. The van der Waals surface area contributed by atoms with Crippen molar-refractivity contribution in [2.45, 2.75) is 37.0 Å². The molecule has 0 bridgehead atoms. The van der Waals surface area contributed by atoms with Crippen LogP contribution in [0.2, 0.25) is 0 Å². The summed E-state index contributed by atoms with van der Waals surface area (Å²) >= 11 is 1.38. The number of thioether (sulfide) groups is 1. The molecule has 2 heterocycles. The zero-order chi connectivity index (χ0) is 22.5. The molecule has 1 N–H and O–H groups in total. The van der Waals surface area contributed by atoms with Crippen molar-refractivity contribution in [2.75, 3.05) is 18.4 Å². The highest BCUT2D eigenvalue weighted by Gasteiger charge is 2.24. The first-order valence-electron chi connectivity index (χ1n) is 10.9. The van der Waals surface area contributed by atoms with E-state index in [-0.39, 0.29) is 11.8 Å².